The molecule has 1 aliphatic rings. The number of anilines is 3. The third-order valence-electron chi connectivity index (χ3n) is 4.24. The van der Waals surface area contributed by atoms with E-state index in [-0.39, 0.29) is 12.1 Å². The Kier molecular flexibility index (Phi) is 4.16. The third kappa shape index (κ3) is 3.68. The molecule has 1 saturated carbocycles. The number of pyridine rings is 2. The number of carbonyl (C=O) groups is 1. The summed E-state index contributed by atoms with van der Waals surface area (Å²) >= 11 is 0. The van der Waals surface area contributed by atoms with Crippen LogP contribution in [0.5, 0.6) is 0 Å². The summed E-state index contributed by atoms with van der Waals surface area (Å²) in [6.45, 7) is 0. The molecule has 0 aliphatic heterocycles. The second-order valence-corrected chi connectivity index (χ2v) is 6.12. The molecule has 4 rings (SSSR count). The third-order valence-corrected chi connectivity index (χ3v) is 4.24. The number of H-pyrrole nitrogens is 1. The van der Waals surface area contributed by atoms with Crippen molar-refractivity contribution >= 4 is 34.4 Å². The second kappa shape index (κ2) is 6.76. The standard InChI is InChI=1S/C17H19N7O/c25-17(21-11-3-1-2-4-11)23-15-6-5-13-14(22-15)9-12(10-18-13)20-16-7-8-19-24-16/h5-11H,1-4H2,(H2,19,20,24)(H2,21,22,23,25). The van der Waals surface area contributed by atoms with Crippen molar-refractivity contribution < 1.29 is 4.79 Å². The predicted octanol–water partition coefficient (Wildman–Crippen LogP) is 3.16. The molecule has 2 amide bonds. The fourth-order valence-corrected chi connectivity index (χ4v) is 3.03. The van der Waals surface area contributed by atoms with E-state index in [9.17, 15) is 4.79 Å². The molecule has 0 aromatic carbocycles. The summed E-state index contributed by atoms with van der Waals surface area (Å²) in [6, 6.07) is 7.35. The summed E-state index contributed by atoms with van der Waals surface area (Å²) in [5.74, 6) is 1.20. The summed E-state index contributed by atoms with van der Waals surface area (Å²) in [5, 5.41) is 15.7. The van der Waals surface area contributed by atoms with Crippen LogP contribution in [0.3, 0.4) is 0 Å². The van der Waals surface area contributed by atoms with Gasteiger partial charge in [0.25, 0.3) is 0 Å². The fourth-order valence-electron chi connectivity index (χ4n) is 3.03. The number of nitrogens with zero attached hydrogens (tertiary/aromatic N) is 3. The van der Waals surface area contributed by atoms with Crippen molar-refractivity contribution in [2.75, 3.05) is 10.6 Å². The van der Waals surface area contributed by atoms with Crippen LogP contribution >= 0.6 is 0 Å². The highest BCUT2D eigenvalue weighted by atomic mass is 16.2. The summed E-state index contributed by atoms with van der Waals surface area (Å²) < 4.78 is 0. The largest absolute Gasteiger partial charge is 0.337 e. The van der Waals surface area contributed by atoms with E-state index in [1.165, 1.54) is 12.8 Å². The predicted molar refractivity (Wildman–Crippen MR) is 95.8 cm³/mol. The number of amides is 2. The van der Waals surface area contributed by atoms with Gasteiger partial charge in [0.15, 0.2) is 5.82 Å². The van der Waals surface area contributed by atoms with Gasteiger partial charge in [-0.1, -0.05) is 12.8 Å². The monoisotopic (exact) mass is 337 g/mol. The first-order valence-corrected chi connectivity index (χ1v) is 8.37. The molecule has 3 heterocycles. The van der Waals surface area contributed by atoms with Crippen LogP contribution < -0.4 is 16.0 Å². The van der Waals surface area contributed by atoms with Crippen molar-refractivity contribution in [1.29, 1.82) is 0 Å². The number of urea groups is 1. The number of aromatic amines is 1. The van der Waals surface area contributed by atoms with Gasteiger partial charge in [0.05, 0.1) is 22.9 Å². The smallest absolute Gasteiger partial charge is 0.320 e. The Morgan fingerprint density at radius 3 is 2.80 bits per heavy atom. The van der Waals surface area contributed by atoms with Gasteiger partial charge in [-0.25, -0.2) is 9.78 Å². The first-order valence-electron chi connectivity index (χ1n) is 8.37. The molecule has 8 heteroatoms. The highest BCUT2D eigenvalue weighted by Crippen LogP contribution is 2.20. The van der Waals surface area contributed by atoms with Gasteiger partial charge in [-0.3, -0.25) is 15.4 Å². The van der Waals surface area contributed by atoms with Crippen LogP contribution in [0.2, 0.25) is 0 Å². The molecule has 4 N–H and O–H groups in total. The number of hydrogen-bond acceptors (Lipinski definition) is 5. The van der Waals surface area contributed by atoms with Crippen molar-refractivity contribution in [2.24, 2.45) is 0 Å². The maximum absolute atomic E-state index is 12.1. The van der Waals surface area contributed by atoms with Crippen molar-refractivity contribution in [2.45, 2.75) is 31.7 Å². The number of rotatable bonds is 4. The SMILES string of the molecule is O=C(Nc1ccc2ncc(Nc3cc[nH]n3)cc2n1)NC1CCCC1. The quantitative estimate of drug-likeness (QED) is 0.585. The number of fused-ring (bicyclic) bond motifs is 1. The number of nitrogens with one attached hydrogen (secondary N) is 4. The van der Waals surface area contributed by atoms with Gasteiger partial charge in [-0.05, 0) is 31.0 Å². The van der Waals surface area contributed by atoms with Crippen LogP contribution in [0.15, 0.2) is 36.7 Å². The second-order valence-electron chi connectivity index (χ2n) is 6.12. The molecule has 1 fully saturated rings. The van der Waals surface area contributed by atoms with Crippen LogP contribution in [0.25, 0.3) is 11.0 Å². The zero-order valence-corrected chi connectivity index (χ0v) is 13.6. The molecule has 0 radical (unpaired) electrons. The van der Waals surface area contributed by atoms with Crippen LogP contribution in [-0.2, 0) is 0 Å². The number of hydrogen-bond donors (Lipinski definition) is 4. The van der Waals surface area contributed by atoms with Gasteiger partial charge < -0.3 is 10.6 Å². The highest BCUT2D eigenvalue weighted by Gasteiger charge is 2.17. The Balaban J connectivity index is 1.48. The molecule has 25 heavy (non-hydrogen) atoms. The zero-order chi connectivity index (χ0) is 17.1. The Bertz CT molecular complexity index is 872. The molecule has 0 atom stereocenters. The Morgan fingerprint density at radius 1 is 1.12 bits per heavy atom. The van der Waals surface area contributed by atoms with E-state index in [0.29, 0.717) is 17.2 Å². The van der Waals surface area contributed by atoms with E-state index in [1.54, 1.807) is 18.5 Å². The van der Waals surface area contributed by atoms with Crippen molar-refractivity contribution in [3.05, 3.63) is 36.7 Å². The first-order chi connectivity index (χ1) is 12.3. The van der Waals surface area contributed by atoms with E-state index >= 15 is 0 Å². The molecule has 0 unspecified atom stereocenters. The first kappa shape index (κ1) is 15.4. The van der Waals surface area contributed by atoms with E-state index in [1.807, 2.05) is 18.2 Å². The van der Waals surface area contributed by atoms with E-state index < -0.39 is 0 Å². The molecule has 8 nitrogen and oxygen atoms in total. The van der Waals surface area contributed by atoms with Crippen LogP contribution in [0.4, 0.5) is 22.1 Å². The summed E-state index contributed by atoms with van der Waals surface area (Å²) in [5.41, 5.74) is 2.23. The lowest BCUT2D eigenvalue weighted by Gasteiger charge is -2.12. The van der Waals surface area contributed by atoms with E-state index in [0.717, 1.165) is 24.0 Å². The zero-order valence-electron chi connectivity index (χ0n) is 13.6. The fraction of sp³-hybridized carbons (Fsp3) is 0.294. The molecule has 0 spiro atoms. The summed E-state index contributed by atoms with van der Waals surface area (Å²) in [4.78, 5) is 20.9. The lowest BCUT2D eigenvalue weighted by atomic mass is 10.2. The van der Waals surface area contributed by atoms with Crippen LogP contribution in [0.1, 0.15) is 25.7 Å². The Morgan fingerprint density at radius 2 is 2.00 bits per heavy atom. The molecule has 1 aliphatic carbocycles. The van der Waals surface area contributed by atoms with Gasteiger partial charge in [-0.15, -0.1) is 0 Å². The average Bonchev–Trinajstić information content (AvgIpc) is 3.28. The maximum atomic E-state index is 12.1. The average molecular weight is 337 g/mol. The number of aromatic nitrogens is 4. The molecule has 128 valence electrons. The Labute approximate surface area is 144 Å². The molecule has 0 bridgehead atoms. The lowest BCUT2D eigenvalue weighted by molar-refractivity contribution is 0.248. The minimum absolute atomic E-state index is 0.211. The molecule has 3 aromatic heterocycles. The highest BCUT2D eigenvalue weighted by molar-refractivity contribution is 5.90. The minimum Gasteiger partial charge on any atom is -0.337 e. The van der Waals surface area contributed by atoms with Gasteiger partial charge in [0, 0.05) is 18.3 Å². The molecular weight excluding hydrogens is 318 g/mol. The molecular formula is C17H19N7O. The van der Waals surface area contributed by atoms with Crippen molar-refractivity contribution in [1.82, 2.24) is 25.5 Å². The normalized spacial score (nSPS) is 14.6. The van der Waals surface area contributed by atoms with Gasteiger partial charge in [0.1, 0.15) is 5.82 Å². The van der Waals surface area contributed by atoms with Crippen molar-refractivity contribution in [3.8, 4) is 0 Å². The summed E-state index contributed by atoms with van der Waals surface area (Å²) in [7, 11) is 0. The topological polar surface area (TPSA) is 108 Å². The van der Waals surface area contributed by atoms with Crippen LogP contribution in [0, 0.1) is 0 Å². The van der Waals surface area contributed by atoms with Gasteiger partial charge >= 0.3 is 6.03 Å². The van der Waals surface area contributed by atoms with Crippen molar-refractivity contribution in [3.63, 3.8) is 0 Å². The van der Waals surface area contributed by atoms with E-state index in [4.69, 9.17) is 0 Å². The summed E-state index contributed by atoms with van der Waals surface area (Å²) in [6.07, 6.45) is 7.90. The van der Waals surface area contributed by atoms with Crippen LogP contribution in [-0.4, -0.2) is 32.2 Å². The number of carbonyl (C=O) groups excluding carboxylic acids is 1. The molecule has 0 saturated heterocycles. The molecule has 3 aromatic rings. The van der Waals surface area contributed by atoms with Gasteiger partial charge in [0.2, 0.25) is 0 Å². The van der Waals surface area contributed by atoms with E-state index in [2.05, 4.69) is 36.1 Å². The van der Waals surface area contributed by atoms with Gasteiger partial charge in [-0.2, -0.15) is 5.10 Å². The maximum Gasteiger partial charge on any atom is 0.320 e. The minimum atomic E-state index is -0.211. The Hall–Kier alpha value is -3.16. The lowest BCUT2D eigenvalue weighted by Crippen LogP contribution is -2.36.